The Bertz CT molecular complexity index is 337. The van der Waals surface area contributed by atoms with Gasteiger partial charge in [-0.2, -0.15) is 0 Å². The van der Waals surface area contributed by atoms with Crippen LogP contribution in [0.5, 0.6) is 0 Å². The lowest BCUT2D eigenvalue weighted by atomic mass is 10.1. The highest BCUT2D eigenvalue weighted by Gasteiger charge is 2.20. The van der Waals surface area contributed by atoms with Gasteiger partial charge in [-0.3, -0.25) is 9.89 Å². The summed E-state index contributed by atoms with van der Waals surface area (Å²) in [5.41, 5.74) is 0. The van der Waals surface area contributed by atoms with Gasteiger partial charge in [0.05, 0.1) is 0 Å². The monoisotopic (exact) mass is 339 g/mol. The van der Waals surface area contributed by atoms with Crippen molar-refractivity contribution >= 4 is 5.96 Å². The van der Waals surface area contributed by atoms with Crippen molar-refractivity contribution in [2.45, 2.75) is 71.9 Å². The topological polar surface area (TPSA) is 42.9 Å². The average Bonchev–Trinajstić information content (AvgIpc) is 2.62. The molecule has 0 amide bonds. The molecule has 142 valence electrons. The largest absolute Gasteiger partial charge is 0.355 e. The highest BCUT2D eigenvalue weighted by atomic mass is 15.3. The third-order valence-corrected chi connectivity index (χ3v) is 5.14. The second-order valence-corrected chi connectivity index (χ2v) is 7.17. The summed E-state index contributed by atoms with van der Waals surface area (Å²) in [5, 5.41) is 7.04. The molecule has 2 unspecified atom stereocenters. The Morgan fingerprint density at radius 2 is 1.75 bits per heavy atom. The van der Waals surface area contributed by atoms with Crippen LogP contribution in [0.2, 0.25) is 0 Å². The van der Waals surface area contributed by atoms with Crippen molar-refractivity contribution in [3.8, 4) is 0 Å². The molecule has 1 heterocycles. The normalized spacial score (nSPS) is 20.0. The number of aliphatic imine (C=N–C) groups is 1. The molecule has 0 spiro atoms. The maximum atomic E-state index is 4.38. The van der Waals surface area contributed by atoms with E-state index in [1.54, 1.807) is 0 Å². The highest BCUT2D eigenvalue weighted by Crippen LogP contribution is 2.06. The number of hydrogen-bond acceptors (Lipinski definition) is 3. The summed E-state index contributed by atoms with van der Waals surface area (Å²) in [6.07, 6.45) is 6.51. The molecule has 1 rings (SSSR count). The van der Waals surface area contributed by atoms with Gasteiger partial charge in [0.1, 0.15) is 0 Å². The SMILES string of the molecule is CCCCCCC(C)NC(=NC)NCC(C)N1CCN(CC)CC1. The Morgan fingerprint density at radius 1 is 1.04 bits per heavy atom. The fourth-order valence-corrected chi connectivity index (χ4v) is 3.27. The zero-order valence-electron chi connectivity index (χ0n) is 16.8. The van der Waals surface area contributed by atoms with E-state index in [1.165, 1.54) is 64.8 Å². The predicted octanol–water partition coefficient (Wildman–Crippen LogP) is 2.54. The first kappa shape index (κ1) is 21.2. The maximum absolute atomic E-state index is 4.38. The zero-order chi connectivity index (χ0) is 17.8. The highest BCUT2D eigenvalue weighted by molar-refractivity contribution is 5.79. The second kappa shape index (κ2) is 12.5. The average molecular weight is 340 g/mol. The number of nitrogens with zero attached hydrogens (tertiary/aromatic N) is 3. The fraction of sp³-hybridized carbons (Fsp3) is 0.947. The van der Waals surface area contributed by atoms with Gasteiger partial charge in [0.15, 0.2) is 5.96 Å². The summed E-state index contributed by atoms with van der Waals surface area (Å²) in [5.74, 6) is 0.942. The van der Waals surface area contributed by atoms with Gasteiger partial charge in [-0.1, -0.05) is 39.5 Å². The van der Waals surface area contributed by atoms with E-state index >= 15 is 0 Å². The number of unbranched alkanes of at least 4 members (excludes halogenated alkanes) is 3. The summed E-state index contributed by atoms with van der Waals surface area (Å²) in [4.78, 5) is 9.49. The lowest BCUT2D eigenvalue weighted by molar-refractivity contribution is 0.107. The van der Waals surface area contributed by atoms with E-state index in [1.807, 2.05) is 7.05 Å². The molecule has 0 aromatic rings. The van der Waals surface area contributed by atoms with Gasteiger partial charge in [0.25, 0.3) is 0 Å². The standard InChI is InChI=1S/C19H41N5/c1-6-8-9-10-11-17(3)22-19(20-5)21-16-18(4)24-14-12-23(7-2)13-15-24/h17-18H,6-16H2,1-5H3,(H2,20,21,22). The Labute approximate surface area is 150 Å². The van der Waals surface area contributed by atoms with Gasteiger partial charge < -0.3 is 15.5 Å². The molecule has 1 aliphatic heterocycles. The third-order valence-electron chi connectivity index (χ3n) is 5.14. The summed E-state index contributed by atoms with van der Waals surface area (Å²) in [6, 6.07) is 1.03. The van der Waals surface area contributed by atoms with Crippen molar-refractivity contribution in [1.29, 1.82) is 0 Å². The molecule has 0 radical (unpaired) electrons. The molecule has 0 aromatic carbocycles. The van der Waals surface area contributed by atoms with Crippen molar-refractivity contribution in [2.75, 3.05) is 46.3 Å². The van der Waals surface area contributed by atoms with Crippen LogP contribution in [0, 0.1) is 0 Å². The summed E-state index contributed by atoms with van der Waals surface area (Å²) >= 11 is 0. The quantitative estimate of drug-likeness (QED) is 0.365. The first-order valence-electron chi connectivity index (χ1n) is 10.0. The number of rotatable bonds is 10. The zero-order valence-corrected chi connectivity index (χ0v) is 16.8. The number of nitrogens with one attached hydrogen (secondary N) is 2. The molecule has 5 nitrogen and oxygen atoms in total. The summed E-state index contributed by atoms with van der Waals surface area (Å²) in [6.45, 7) is 16.0. The molecule has 0 aromatic heterocycles. The van der Waals surface area contributed by atoms with Crippen molar-refractivity contribution < 1.29 is 0 Å². The van der Waals surface area contributed by atoms with E-state index in [-0.39, 0.29) is 0 Å². The molecule has 0 bridgehead atoms. The first-order valence-corrected chi connectivity index (χ1v) is 10.0. The van der Waals surface area contributed by atoms with Crippen molar-refractivity contribution in [2.24, 2.45) is 4.99 Å². The van der Waals surface area contributed by atoms with Crippen LogP contribution in [-0.2, 0) is 0 Å². The van der Waals surface area contributed by atoms with Crippen LogP contribution >= 0.6 is 0 Å². The van der Waals surface area contributed by atoms with Gasteiger partial charge in [-0.25, -0.2) is 0 Å². The fourth-order valence-electron chi connectivity index (χ4n) is 3.27. The van der Waals surface area contributed by atoms with E-state index in [9.17, 15) is 0 Å². The molecule has 5 heteroatoms. The minimum atomic E-state index is 0.483. The van der Waals surface area contributed by atoms with Gasteiger partial charge >= 0.3 is 0 Å². The number of piperazine rings is 1. The second-order valence-electron chi connectivity index (χ2n) is 7.17. The summed E-state index contributed by atoms with van der Waals surface area (Å²) in [7, 11) is 1.86. The Hall–Kier alpha value is -0.810. The molecular weight excluding hydrogens is 298 g/mol. The molecular formula is C19H41N5. The van der Waals surface area contributed by atoms with E-state index in [4.69, 9.17) is 0 Å². The molecule has 2 N–H and O–H groups in total. The molecule has 1 fully saturated rings. The smallest absolute Gasteiger partial charge is 0.191 e. The van der Waals surface area contributed by atoms with Crippen LogP contribution in [0.15, 0.2) is 4.99 Å². The Balaban J connectivity index is 2.23. The Kier molecular flexibility index (Phi) is 11.1. The first-order chi connectivity index (χ1) is 11.6. The van der Waals surface area contributed by atoms with E-state index < -0.39 is 0 Å². The number of guanidine groups is 1. The van der Waals surface area contributed by atoms with Crippen LogP contribution in [0.4, 0.5) is 0 Å². The molecule has 0 saturated carbocycles. The van der Waals surface area contributed by atoms with Gasteiger partial charge in [0.2, 0.25) is 0 Å². The lowest BCUT2D eigenvalue weighted by Crippen LogP contribution is -2.53. The minimum Gasteiger partial charge on any atom is -0.355 e. The molecule has 1 saturated heterocycles. The van der Waals surface area contributed by atoms with Gasteiger partial charge in [0, 0.05) is 51.9 Å². The predicted molar refractivity (Wildman–Crippen MR) is 106 cm³/mol. The van der Waals surface area contributed by atoms with E-state index in [0.29, 0.717) is 12.1 Å². The van der Waals surface area contributed by atoms with Gasteiger partial charge in [-0.15, -0.1) is 0 Å². The molecule has 1 aliphatic rings. The van der Waals surface area contributed by atoms with E-state index in [0.717, 1.165) is 12.5 Å². The van der Waals surface area contributed by atoms with Crippen LogP contribution in [0.1, 0.15) is 59.8 Å². The number of likely N-dealkylation sites (N-methyl/N-ethyl adjacent to an activating group) is 1. The van der Waals surface area contributed by atoms with Crippen LogP contribution in [0.25, 0.3) is 0 Å². The van der Waals surface area contributed by atoms with Crippen LogP contribution in [0.3, 0.4) is 0 Å². The molecule has 24 heavy (non-hydrogen) atoms. The summed E-state index contributed by atoms with van der Waals surface area (Å²) < 4.78 is 0. The Morgan fingerprint density at radius 3 is 2.33 bits per heavy atom. The minimum absolute atomic E-state index is 0.483. The van der Waals surface area contributed by atoms with Gasteiger partial charge in [-0.05, 0) is 26.8 Å². The van der Waals surface area contributed by atoms with E-state index in [2.05, 4.69) is 53.1 Å². The molecule has 2 atom stereocenters. The third kappa shape index (κ3) is 8.34. The maximum Gasteiger partial charge on any atom is 0.191 e. The van der Waals surface area contributed by atoms with Crippen molar-refractivity contribution in [1.82, 2.24) is 20.4 Å². The molecule has 0 aliphatic carbocycles. The van der Waals surface area contributed by atoms with Crippen LogP contribution in [-0.4, -0.2) is 74.2 Å². The van der Waals surface area contributed by atoms with Crippen LogP contribution < -0.4 is 10.6 Å². The lowest BCUT2D eigenvalue weighted by Gasteiger charge is -2.37. The number of hydrogen-bond donors (Lipinski definition) is 2. The van der Waals surface area contributed by atoms with Crippen molar-refractivity contribution in [3.05, 3.63) is 0 Å². The van der Waals surface area contributed by atoms with Crippen molar-refractivity contribution in [3.63, 3.8) is 0 Å².